The van der Waals surface area contributed by atoms with E-state index in [-0.39, 0.29) is 18.1 Å². The lowest BCUT2D eigenvalue weighted by Gasteiger charge is -2.03. The second kappa shape index (κ2) is 4.93. The monoisotopic (exact) mass is 232 g/mol. The van der Waals surface area contributed by atoms with Gasteiger partial charge in [-0.2, -0.15) is 0 Å². The Kier molecular flexibility index (Phi) is 3.35. The van der Waals surface area contributed by atoms with Crippen molar-refractivity contribution >= 4 is 5.91 Å². The number of carbonyl (C=O) groups excluding carboxylic acids is 1. The SMILES string of the molecule is NCc1ccn(C(=O)Cc2ccccc2F)c1. The van der Waals surface area contributed by atoms with Gasteiger partial charge in [0.2, 0.25) is 5.91 Å². The smallest absolute Gasteiger partial charge is 0.235 e. The molecule has 0 bridgehead atoms. The summed E-state index contributed by atoms with van der Waals surface area (Å²) in [5.41, 5.74) is 6.74. The highest BCUT2D eigenvalue weighted by molar-refractivity contribution is 5.81. The Balaban J connectivity index is 2.14. The average Bonchev–Trinajstić information content (AvgIpc) is 2.81. The van der Waals surface area contributed by atoms with Crippen LogP contribution in [0.25, 0.3) is 0 Å². The molecule has 0 aliphatic heterocycles. The lowest BCUT2D eigenvalue weighted by atomic mass is 10.1. The molecule has 88 valence electrons. The van der Waals surface area contributed by atoms with Crippen molar-refractivity contribution in [3.05, 3.63) is 59.7 Å². The molecule has 0 amide bonds. The molecular weight excluding hydrogens is 219 g/mol. The fourth-order valence-electron chi connectivity index (χ4n) is 1.61. The number of hydrogen-bond acceptors (Lipinski definition) is 2. The first-order valence-electron chi connectivity index (χ1n) is 5.34. The number of nitrogens with zero attached hydrogens (tertiary/aromatic N) is 1. The van der Waals surface area contributed by atoms with E-state index in [0.29, 0.717) is 12.1 Å². The van der Waals surface area contributed by atoms with Crippen molar-refractivity contribution in [2.75, 3.05) is 0 Å². The van der Waals surface area contributed by atoms with Gasteiger partial charge in [0.05, 0.1) is 6.42 Å². The predicted octanol–water partition coefficient (Wildman–Crippen LogP) is 1.97. The first-order valence-corrected chi connectivity index (χ1v) is 5.34. The maximum Gasteiger partial charge on any atom is 0.235 e. The summed E-state index contributed by atoms with van der Waals surface area (Å²) in [7, 11) is 0. The largest absolute Gasteiger partial charge is 0.326 e. The van der Waals surface area contributed by atoms with Gasteiger partial charge in [0, 0.05) is 18.9 Å². The number of halogens is 1. The molecule has 0 aliphatic rings. The van der Waals surface area contributed by atoms with Gasteiger partial charge in [-0.1, -0.05) is 18.2 Å². The van der Waals surface area contributed by atoms with E-state index in [0.717, 1.165) is 5.56 Å². The van der Waals surface area contributed by atoms with Crippen molar-refractivity contribution in [2.45, 2.75) is 13.0 Å². The molecule has 0 spiro atoms. The van der Waals surface area contributed by atoms with E-state index in [9.17, 15) is 9.18 Å². The predicted molar refractivity (Wildman–Crippen MR) is 63.1 cm³/mol. The third-order valence-corrected chi connectivity index (χ3v) is 2.58. The summed E-state index contributed by atoms with van der Waals surface area (Å²) in [5, 5.41) is 0. The first kappa shape index (κ1) is 11.5. The van der Waals surface area contributed by atoms with Crippen LogP contribution < -0.4 is 5.73 Å². The molecule has 0 atom stereocenters. The van der Waals surface area contributed by atoms with Crippen LogP contribution in [0.1, 0.15) is 15.9 Å². The number of aromatic nitrogens is 1. The van der Waals surface area contributed by atoms with Crippen LogP contribution in [-0.2, 0) is 13.0 Å². The number of rotatable bonds is 3. The molecule has 2 N–H and O–H groups in total. The minimum Gasteiger partial charge on any atom is -0.326 e. The Hall–Kier alpha value is -1.94. The van der Waals surface area contributed by atoms with Crippen molar-refractivity contribution in [1.29, 1.82) is 0 Å². The van der Waals surface area contributed by atoms with Crippen LogP contribution >= 0.6 is 0 Å². The molecule has 0 unspecified atom stereocenters. The van der Waals surface area contributed by atoms with E-state index in [2.05, 4.69) is 0 Å². The van der Waals surface area contributed by atoms with E-state index < -0.39 is 0 Å². The van der Waals surface area contributed by atoms with Crippen molar-refractivity contribution in [3.63, 3.8) is 0 Å². The third-order valence-electron chi connectivity index (χ3n) is 2.58. The molecule has 0 saturated heterocycles. The average molecular weight is 232 g/mol. The molecule has 1 heterocycles. The second-order valence-corrected chi connectivity index (χ2v) is 3.79. The zero-order valence-corrected chi connectivity index (χ0v) is 9.27. The molecular formula is C13H13FN2O. The van der Waals surface area contributed by atoms with Gasteiger partial charge < -0.3 is 5.73 Å². The summed E-state index contributed by atoms with van der Waals surface area (Å²) >= 11 is 0. The van der Waals surface area contributed by atoms with Gasteiger partial charge in [0.25, 0.3) is 0 Å². The van der Waals surface area contributed by atoms with Gasteiger partial charge in [0.15, 0.2) is 0 Å². The minimum absolute atomic E-state index is 0.0470. The Morgan fingerprint density at radius 2 is 2.06 bits per heavy atom. The maximum absolute atomic E-state index is 13.4. The van der Waals surface area contributed by atoms with E-state index in [1.807, 2.05) is 0 Å². The summed E-state index contributed by atoms with van der Waals surface area (Å²) in [6, 6.07) is 8.06. The van der Waals surface area contributed by atoms with Gasteiger partial charge >= 0.3 is 0 Å². The molecule has 3 nitrogen and oxygen atoms in total. The summed E-state index contributed by atoms with van der Waals surface area (Å²) in [6.45, 7) is 0.389. The van der Waals surface area contributed by atoms with Crippen LogP contribution in [0.2, 0.25) is 0 Å². The quantitative estimate of drug-likeness (QED) is 0.879. The van der Waals surface area contributed by atoms with Crippen molar-refractivity contribution in [2.24, 2.45) is 5.73 Å². The highest BCUT2D eigenvalue weighted by atomic mass is 19.1. The van der Waals surface area contributed by atoms with E-state index in [4.69, 9.17) is 5.73 Å². The Morgan fingerprint density at radius 1 is 1.29 bits per heavy atom. The summed E-state index contributed by atoms with van der Waals surface area (Å²) in [5.74, 6) is -0.526. The highest BCUT2D eigenvalue weighted by Crippen LogP contribution is 2.09. The Bertz CT molecular complexity index is 534. The highest BCUT2D eigenvalue weighted by Gasteiger charge is 2.09. The van der Waals surface area contributed by atoms with Crippen LogP contribution in [0, 0.1) is 5.82 Å². The van der Waals surface area contributed by atoms with Gasteiger partial charge in [-0.25, -0.2) is 4.39 Å². The van der Waals surface area contributed by atoms with Crippen molar-refractivity contribution < 1.29 is 9.18 Å². The molecule has 0 radical (unpaired) electrons. The summed E-state index contributed by atoms with van der Waals surface area (Å²) in [6.07, 6.45) is 3.36. The number of nitrogens with two attached hydrogens (primary N) is 1. The molecule has 2 aromatic rings. The van der Waals surface area contributed by atoms with Crippen LogP contribution in [0.15, 0.2) is 42.7 Å². The van der Waals surface area contributed by atoms with Crippen LogP contribution in [0.5, 0.6) is 0 Å². The Morgan fingerprint density at radius 3 is 2.71 bits per heavy atom. The lowest BCUT2D eigenvalue weighted by Crippen LogP contribution is -2.12. The molecule has 17 heavy (non-hydrogen) atoms. The molecule has 0 fully saturated rings. The lowest BCUT2D eigenvalue weighted by molar-refractivity contribution is 0.0913. The number of benzene rings is 1. The summed E-state index contributed by atoms with van der Waals surface area (Å²) < 4.78 is 14.8. The van der Waals surface area contributed by atoms with E-state index in [1.54, 1.807) is 36.7 Å². The van der Waals surface area contributed by atoms with Crippen molar-refractivity contribution in [3.8, 4) is 0 Å². The van der Waals surface area contributed by atoms with Gasteiger partial charge in [0.1, 0.15) is 5.82 Å². The zero-order chi connectivity index (χ0) is 12.3. The fourth-order valence-corrected chi connectivity index (χ4v) is 1.61. The van der Waals surface area contributed by atoms with Crippen LogP contribution in [0.4, 0.5) is 4.39 Å². The second-order valence-electron chi connectivity index (χ2n) is 3.79. The van der Waals surface area contributed by atoms with Gasteiger partial charge in [-0.05, 0) is 23.3 Å². The molecule has 2 rings (SSSR count). The number of carbonyl (C=O) groups is 1. The number of hydrogen-bond donors (Lipinski definition) is 1. The van der Waals surface area contributed by atoms with Crippen LogP contribution in [-0.4, -0.2) is 10.5 Å². The zero-order valence-electron chi connectivity index (χ0n) is 9.27. The standard InChI is InChI=1S/C13H13FN2O/c14-12-4-2-1-3-11(12)7-13(17)16-6-5-10(8-15)9-16/h1-6,9H,7-8,15H2. The minimum atomic E-state index is -0.355. The van der Waals surface area contributed by atoms with E-state index in [1.165, 1.54) is 10.6 Å². The van der Waals surface area contributed by atoms with E-state index >= 15 is 0 Å². The first-order chi connectivity index (χ1) is 8.20. The topological polar surface area (TPSA) is 48.0 Å². The van der Waals surface area contributed by atoms with Crippen molar-refractivity contribution in [1.82, 2.24) is 4.57 Å². The Labute approximate surface area is 98.7 Å². The summed E-state index contributed by atoms with van der Waals surface area (Å²) in [4.78, 5) is 11.9. The molecule has 0 aliphatic carbocycles. The van der Waals surface area contributed by atoms with Gasteiger partial charge in [-0.15, -0.1) is 0 Å². The molecule has 0 saturated carbocycles. The van der Waals surface area contributed by atoms with Crippen LogP contribution in [0.3, 0.4) is 0 Å². The fraction of sp³-hybridized carbons (Fsp3) is 0.154. The molecule has 1 aromatic carbocycles. The van der Waals surface area contributed by atoms with Gasteiger partial charge in [-0.3, -0.25) is 9.36 Å². The third kappa shape index (κ3) is 2.60. The normalized spacial score (nSPS) is 10.5. The maximum atomic E-state index is 13.4. The molecule has 4 heteroatoms. The molecule has 1 aromatic heterocycles.